The fraction of sp³-hybridized carbons (Fsp3) is 0.250. The lowest BCUT2D eigenvalue weighted by Crippen LogP contribution is -2.19. The Bertz CT molecular complexity index is 654. The number of hydrogen-bond donors (Lipinski definition) is 1. The van der Waals surface area contributed by atoms with E-state index in [-0.39, 0.29) is 5.56 Å². The summed E-state index contributed by atoms with van der Waals surface area (Å²) < 4.78 is 6.59. The minimum atomic E-state index is -1.23. The third-order valence-electron chi connectivity index (χ3n) is 2.58. The van der Waals surface area contributed by atoms with Crippen molar-refractivity contribution in [2.45, 2.75) is 20.4 Å². The van der Waals surface area contributed by atoms with E-state index in [0.717, 1.165) is 0 Å². The maximum absolute atomic E-state index is 11.5. The van der Waals surface area contributed by atoms with E-state index in [0.29, 0.717) is 23.7 Å². The molecule has 0 spiro atoms. The topological polar surface area (TPSA) is 85.3 Å². The highest BCUT2D eigenvalue weighted by atomic mass is 16.5. The van der Waals surface area contributed by atoms with Gasteiger partial charge in [0, 0.05) is 24.0 Å². The third-order valence-corrected chi connectivity index (χ3v) is 2.58. The summed E-state index contributed by atoms with van der Waals surface area (Å²) >= 11 is 0. The Hall–Kier alpha value is -2.37. The maximum Gasteiger partial charge on any atom is 0.341 e. The lowest BCUT2D eigenvalue weighted by molar-refractivity contribution is 0.0694. The van der Waals surface area contributed by atoms with Crippen molar-refractivity contribution in [3.05, 3.63) is 51.3 Å². The molecule has 0 fully saturated rings. The molecule has 94 valence electrons. The number of aromatic nitrogens is 2. The van der Waals surface area contributed by atoms with Crippen LogP contribution in [0.25, 0.3) is 0 Å². The minimum absolute atomic E-state index is 0.249. The van der Waals surface area contributed by atoms with E-state index in [1.165, 1.54) is 12.3 Å². The average Bonchev–Trinajstić information content (AvgIpc) is 2.67. The van der Waals surface area contributed by atoms with Crippen LogP contribution in [0.15, 0.2) is 27.6 Å². The minimum Gasteiger partial charge on any atom is -0.477 e. The highest BCUT2D eigenvalue weighted by Gasteiger charge is 2.11. The Balaban J connectivity index is 2.41. The highest BCUT2D eigenvalue weighted by Crippen LogP contribution is 2.07. The zero-order chi connectivity index (χ0) is 13.3. The molecule has 18 heavy (non-hydrogen) atoms. The first-order chi connectivity index (χ1) is 8.47. The number of hydrogen-bond acceptors (Lipinski definition) is 4. The van der Waals surface area contributed by atoms with Gasteiger partial charge >= 0.3 is 5.97 Å². The molecule has 2 heterocycles. The molecular weight excluding hydrogens is 236 g/mol. The molecule has 0 saturated carbocycles. The van der Waals surface area contributed by atoms with E-state index in [1.807, 2.05) is 0 Å². The van der Waals surface area contributed by atoms with Gasteiger partial charge in [0.25, 0.3) is 0 Å². The third kappa shape index (κ3) is 2.32. The Morgan fingerprint density at radius 1 is 1.44 bits per heavy atom. The van der Waals surface area contributed by atoms with Crippen LogP contribution < -0.4 is 5.43 Å². The second-order valence-corrected chi connectivity index (χ2v) is 4.05. The summed E-state index contributed by atoms with van der Waals surface area (Å²) in [7, 11) is 0. The summed E-state index contributed by atoms with van der Waals surface area (Å²) in [5, 5.41) is 12.7. The zero-order valence-corrected chi connectivity index (χ0v) is 10.0. The van der Waals surface area contributed by atoms with E-state index in [1.54, 1.807) is 24.5 Å². The van der Waals surface area contributed by atoms with Crippen molar-refractivity contribution in [2.24, 2.45) is 0 Å². The van der Waals surface area contributed by atoms with Crippen molar-refractivity contribution in [2.75, 3.05) is 0 Å². The Labute approximate surface area is 102 Å². The first-order valence-electron chi connectivity index (χ1n) is 5.34. The number of carboxylic acid groups (broad SMARTS) is 1. The quantitative estimate of drug-likeness (QED) is 0.882. The molecule has 1 N–H and O–H groups in total. The van der Waals surface area contributed by atoms with E-state index >= 15 is 0 Å². The van der Waals surface area contributed by atoms with Gasteiger partial charge in [-0.05, 0) is 13.8 Å². The summed E-state index contributed by atoms with van der Waals surface area (Å²) in [6.45, 7) is 3.88. The van der Waals surface area contributed by atoms with Crippen LogP contribution >= 0.6 is 0 Å². The largest absolute Gasteiger partial charge is 0.477 e. The monoisotopic (exact) mass is 248 g/mol. The molecule has 6 nitrogen and oxygen atoms in total. The van der Waals surface area contributed by atoms with Gasteiger partial charge in [0.1, 0.15) is 17.0 Å². The van der Waals surface area contributed by atoms with Crippen molar-refractivity contribution < 1.29 is 14.4 Å². The van der Waals surface area contributed by atoms with Crippen LogP contribution in [0.3, 0.4) is 0 Å². The van der Waals surface area contributed by atoms with Crippen LogP contribution in [0.4, 0.5) is 0 Å². The number of nitrogens with zero attached hydrogens (tertiary/aromatic N) is 2. The van der Waals surface area contributed by atoms with E-state index < -0.39 is 11.4 Å². The number of rotatable bonds is 3. The predicted molar refractivity (Wildman–Crippen MR) is 62.7 cm³/mol. The lowest BCUT2D eigenvalue weighted by Gasteiger charge is -2.09. The predicted octanol–water partition coefficient (Wildman–Crippen LogP) is 1.20. The first kappa shape index (κ1) is 12.1. The van der Waals surface area contributed by atoms with Crippen LogP contribution in [-0.2, 0) is 6.54 Å². The lowest BCUT2D eigenvalue weighted by atomic mass is 10.2. The molecule has 0 aliphatic heterocycles. The van der Waals surface area contributed by atoms with Crippen LogP contribution in [0.2, 0.25) is 0 Å². The van der Waals surface area contributed by atoms with Crippen molar-refractivity contribution in [3.63, 3.8) is 0 Å². The number of pyridine rings is 1. The summed E-state index contributed by atoms with van der Waals surface area (Å²) in [4.78, 5) is 22.4. The SMILES string of the molecule is Cc1cc(Cn2cc(C(=O)O)c(=O)cc2C)no1. The van der Waals surface area contributed by atoms with Gasteiger partial charge in [-0.2, -0.15) is 0 Å². The molecule has 0 aromatic carbocycles. The van der Waals surface area contributed by atoms with Gasteiger partial charge in [0.15, 0.2) is 5.43 Å². The number of carboxylic acids is 1. The molecule has 0 amide bonds. The molecule has 0 bridgehead atoms. The summed E-state index contributed by atoms with van der Waals surface area (Å²) in [6.07, 6.45) is 1.32. The number of carbonyl (C=O) groups is 1. The molecule has 0 aliphatic carbocycles. The number of aromatic carboxylic acids is 1. The van der Waals surface area contributed by atoms with Gasteiger partial charge in [0.2, 0.25) is 0 Å². The first-order valence-corrected chi connectivity index (χ1v) is 5.34. The second-order valence-electron chi connectivity index (χ2n) is 4.05. The average molecular weight is 248 g/mol. The van der Waals surface area contributed by atoms with E-state index in [2.05, 4.69) is 5.16 Å². The van der Waals surface area contributed by atoms with Crippen LogP contribution in [0.5, 0.6) is 0 Å². The van der Waals surface area contributed by atoms with Gasteiger partial charge in [-0.25, -0.2) is 4.79 Å². The van der Waals surface area contributed by atoms with Gasteiger partial charge in [0.05, 0.1) is 6.54 Å². The van der Waals surface area contributed by atoms with Gasteiger partial charge in [-0.15, -0.1) is 0 Å². The Morgan fingerprint density at radius 2 is 2.17 bits per heavy atom. The zero-order valence-electron chi connectivity index (χ0n) is 10.0. The van der Waals surface area contributed by atoms with Crippen molar-refractivity contribution in [3.8, 4) is 0 Å². The molecule has 0 aliphatic rings. The fourth-order valence-corrected chi connectivity index (χ4v) is 1.67. The highest BCUT2D eigenvalue weighted by molar-refractivity contribution is 5.87. The molecular formula is C12H12N2O4. The van der Waals surface area contributed by atoms with Gasteiger partial charge in [-0.3, -0.25) is 4.79 Å². The molecule has 0 radical (unpaired) electrons. The molecule has 2 aromatic rings. The molecule has 2 rings (SSSR count). The second kappa shape index (κ2) is 4.48. The Kier molecular flexibility index (Phi) is 3.01. The molecule has 0 unspecified atom stereocenters. The van der Waals surface area contributed by atoms with Crippen LogP contribution in [0.1, 0.15) is 27.5 Å². The van der Waals surface area contributed by atoms with Gasteiger partial charge < -0.3 is 14.2 Å². The van der Waals surface area contributed by atoms with E-state index in [9.17, 15) is 9.59 Å². The number of aryl methyl sites for hydroxylation is 2. The Morgan fingerprint density at radius 3 is 2.72 bits per heavy atom. The summed E-state index contributed by atoms with van der Waals surface area (Å²) in [5.74, 6) is -0.549. The maximum atomic E-state index is 11.5. The normalized spacial score (nSPS) is 10.6. The van der Waals surface area contributed by atoms with Crippen LogP contribution in [-0.4, -0.2) is 20.8 Å². The molecule has 2 aromatic heterocycles. The van der Waals surface area contributed by atoms with Crippen LogP contribution in [0, 0.1) is 13.8 Å². The van der Waals surface area contributed by atoms with E-state index in [4.69, 9.17) is 9.63 Å². The summed E-state index contributed by atoms with van der Waals surface area (Å²) in [5.41, 5.74) is 0.606. The van der Waals surface area contributed by atoms with Crippen molar-refractivity contribution in [1.82, 2.24) is 9.72 Å². The summed E-state index contributed by atoms with van der Waals surface area (Å²) in [6, 6.07) is 3.06. The fourth-order valence-electron chi connectivity index (χ4n) is 1.67. The molecule has 6 heteroatoms. The molecule has 0 saturated heterocycles. The van der Waals surface area contributed by atoms with Gasteiger partial charge in [-0.1, -0.05) is 5.16 Å². The smallest absolute Gasteiger partial charge is 0.341 e. The van der Waals surface area contributed by atoms with Crippen molar-refractivity contribution >= 4 is 5.97 Å². The molecule has 0 atom stereocenters. The van der Waals surface area contributed by atoms with Crippen molar-refractivity contribution in [1.29, 1.82) is 0 Å². The standard InChI is InChI=1S/C12H12N2O4/c1-7-3-11(15)10(12(16)17)6-14(7)5-9-4-8(2)18-13-9/h3-4,6H,5H2,1-2H3,(H,16,17).